The number of benzene rings is 3. The average Bonchev–Trinajstić information content (AvgIpc) is 3.34. The molecule has 5 rings (SSSR count). The highest BCUT2D eigenvalue weighted by Gasteiger charge is 2.15. The first-order chi connectivity index (χ1) is 16.5. The van der Waals surface area contributed by atoms with Gasteiger partial charge in [0.1, 0.15) is 22.1 Å². The first-order valence-electron chi connectivity index (χ1n) is 10.2. The van der Waals surface area contributed by atoms with Crippen molar-refractivity contribution in [3.63, 3.8) is 0 Å². The smallest absolute Gasteiger partial charge is 0.346 e. The van der Waals surface area contributed by atoms with Gasteiger partial charge >= 0.3 is 11.6 Å². The van der Waals surface area contributed by atoms with Crippen molar-refractivity contribution in [3.05, 3.63) is 98.6 Å². The molecule has 0 aliphatic carbocycles. The van der Waals surface area contributed by atoms with E-state index >= 15 is 0 Å². The van der Waals surface area contributed by atoms with Crippen LogP contribution in [0.3, 0.4) is 0 Å². The molecule has 0 atom stereocenters. The molecule has 5 aromatic rings. The van der Waals surface area contributed by atoms with Crippen molar-refractivity contribution in [1.29, 1.82) is 0 Å². The van der Waals surface area contributed by atoms with E-state index < -0.39 is 11.6 Å². The van der Waals surface area contributed by atoms with Crippen LogP contribution in [0.4, 0.5) is 0 Å². The number of esters is 1. The molecular formula is C26H16BrNO5S. The Labute approximate surface area is 206 Å². The number of carbonyl (C=O) groups excluding carboxylic acids is 1. The number of nitrogens with zero attached hydrogens (tertiary/aromatic N) is 1. The minimum Gasteiger partial charge on any atom is -0.497 e. The number of rotatable bonds is 5. The third kappa shape index (κ3) is 4.50. The van der Waals surface area contributed by atoms with Crippen LogP contribution in [0.15, 0.2) is 91.9 Å². The maximum Gasteiger partial charge on any atom is 0.346 e. The first kappa shape index (κ1) is 22.1. The third-order valence-corrected chi connectivity index (χ3v) is 6.50. The molecular weight excluding hydrogens is 518 g/mol. The van der Waals surface area contributed by atoms with Gasteiger partial charge in [0.05, 0.1) is 23.9 Å². The van der Waals surface area contributed by atoms with Crippen LogP contribution in [0.5, 0.6) is 11.5 Å². The number of halogens is 1. The average molecular weight is 534 g/mol. The Bertz CT molecular complexity index is 1570. The van der Waals surface area contributed by atoms with Gasteiger partial charge in [0, 0.05) is 26.9 Å². The number of thiazole rings is 1. The lowest BCUT2D eigenvalue weighted by atomic mass is 10.1. The number of fused-ring (bicyclic) bond motifs is 1. The summed E-state index contributed by atoms with van der Waals surface area (Å²) < 4.78 is 17.1. The van der Waals surface area contributed by atoms with Crippen molar-refractivity contribution >= 4 is 44.2 Å². The van der Waals surface area contributed by atoms with Gasteiger partial charge in [-0.15, -0.1) is 11.3 Å². The minimum atomic E-state index is -0.541. The summed E-state index contributed by atoms with van der Waals surface area (Å²) in [6.45, 7) is 0. The lowest BCUT2D eigenvalue weighted by molar-refractivity contribution is 0.0734. The van der Waals surface area contributed by atoms with E-state index in [9.17, 15) is 9.59 Å². The maximum absolute atomic E-state index is 12.7. The molecule has 0 amide bonds. The van der Waals surface area contributed by atoms with Gasteiger partial charge in [-0.1, -0.05) is 34.1 Å². The Morgan fingerprint density at radius 2 is 1.82 bits per heavy atom. The highest BCUT2D eigenvalue weighted by Crippen LogP contribution is 2.30. The summed E-state index contributed by atoms with van der Waals surface area (Å²) in [7, 11) is 1.53. The van der Waals surface area contributed by atoms with E-state index in [2.05, 4.69) is 20.9 Å². The lowest BCUT2D eigenvalue weighted by Crippen LogP contribution is -2.08. The van der Waals surface area contributed by atoms with Crippen LogP contribution in [-0.2, 0) is 0 Å². The largest absolute Gasteiger partial charge is 0.497 e. The van der Waals surface area contributed by atoms with E-state index in [1.54, 1.807) is 42.5 Å². The van der Waals surface area contributed by atoms with Crippen molar-refractivity contribution in [1.82, 2.24) is 4.98 Å². The SMILES string of the molecule is COc1cccc(C(=O)Oc2ccc3cc(-c4nc(-c5ccc(Br)cc5)cs4)c(=O)oc3c2)c1. The summed E-state index contributed by atoms with van der Waals surface area (Å²) >= 11 is 4.80. The summed E-state index contributed by atoms with van der Waals surface area (Å²) in [5.74, 6) is 0.278. The molecule has 2 aromatic heterocycles. The molecule has 0 saturated carbocycles. The second-order valence-corrected chi connectivity index (χ2v) is 9.09. The first-order valence-corrected chi connectivity index (χ1v) is 11.8. The minimum absolute atomic E-state index is 0.267. The number of hydrogen-bond donors (Lipinski definition) is 0. The summed E-state index contributed by atoms with van der Waals surface area (Å²) in [5.41, 5.74) is 2.27. The van der Waals surface area contributed by atoms with Crippen molar-refractivity contribution in [2.45, 2.75) is 0 Å². The number of methoxy groups -OCH3 is 1. The number of hydrogen-bond acceptors (Lipinski definition) is 7. The Morgan fingerprint density at radius 3 is 2.62 bits per heavy atom. The van der Waals surface area contributed by atoms with Crippen LogP contribution < -0.4 is 15.1 Å². The molecule has 0 spiro atoms. The highest BCUT2D eigenvalue weighted by atomic mass is 79.9. The van der Waals surface area contributed by atoms with Crippen LogP contribution in [0.1, 0.15) is 10.4 Å². The highest BCUT2D eigenvalue weighted by molar-refractivity contribution is 9.10. The maximum atomic E-state index is 12.7. The molecule has 34 heavy (non-hydrogen) atoms. The van der Waals surface area contributed by atoms with Crippen LogP contribution in [0.2, 0.25) is 0 Å². The Hall–Kier alpha value is -3.75. The molecule has 3 aromatic carbocycles. The van der Waals surface area contributed by atoms with Gasteiger partial charge in [-0.2, -0.15) is 0 Å². The molecule has 168 valence electrons. The molecule has 0 aliphatic heterocycles. The molecule has 0 fully saturated rings. The van der Waals surface area contributed by atoms with Gasteiger partial charge in [0.15, 0.2) is 0 Å². The van der Waals surface area contributed by atoms with E-state index in [1.165, 1.54) is 24.5 Å². The Kier molecular flexibility index (Phi) is 6.00. The normalized spacial score (nSPS) is 10.9. The molecule has 0 N–H and O–H groups in total. The van der Waals surface area contributed by atoms with Crippen LogP contribution >= 0.6 is 27.3 Å². The molecule has 0 unspecified atom stereocenters. The predicted molar refractivity (Wildman–Crippen MR) is 135 cm³/mol. The lowest BCUT2D eigenvalue weighted by Gasteiger charge is -2.07. The van der Waals surface area contributed by atoms with Gasteiger partial charge in [0.25, 0.3) is 0 Å². The second-order valence-electron chi connectivity index (χ2n) is 7.31. The zero-order chi connectivity index (χ0) is 23.7. The van der Waals surface area contributed by atoms with Gasteiger partial charge in [-0.3, -0.25) is 0 Å². The Morgan fingerprint density at radius 1 is 1.00 bits per heavy atom. The zero-order valence-electron chi connectivity index (χ0n) is 17.8. The van der Waals surface area contributed by atoms with Crippen LogP contribution in [-0.4, -0.2) is 18.1 Å². The molecule has 6 nitrogen and oxygen atoms in total. The van der Waals surface area contributed by atoms with Crippen molar-refractivity contribution < 1.29 is 18.7 Å². The predicted octanol–water partition coefficient (Wildman–Crippen LogP) is 6.57. The topological polar surface area (TPSA) is 78.6 Å². The summed E-state index contributed by atoms with van der Waals surface area (Å²) in [6, 6.07) is 21.1. The van der Waals surface area contributed by atoms with Gasteiger partial charge in [-0.05, 0) is 48.5 Å². The monoisotopic (exact) mass is 533 g/mol. The van der Waals surface area contributed by atoms with Crippen molar-refractivity contribution in [3.8, 4) is 33.3 Å². The van der Waals surface area contributed by atoms with Gasteiger partial charge in [-0.25, -0.2) is 14.6 Å². The van der Waals surface area contributed by atoms with E-state index in [0.29, 0.717) is 32.9 Å². The molecule has 2 heterocycles. The van der Waals surface area contributed by atoms with Crippen molar-refractivity contribution in [2.24, 2.45) is 0 Å². The number of ether oxygens (including phenoxy) is 2. The molecule has 8 heteroatoms. The standard InChI is InChI=1S/C26H16BrNO5S/c1-31-19-4-2-3-17(11-19)25(29)32-20-10-7-16-12-21(26(30)33-23(16)13-20)24-28-22(14-34-24)15-5-8-18(27)9-6-15/h2-14H,1H3. The van der Waals surface area contributed by atoms with E-state index in [-0.39, 0.29) is 5.75 Å². The van der Waals surface area contributed by atoms with Crippen molar-refractivity contribution in [2.75, 3.05) is 7.11 Å². The molecule has 0 bridgehead atoms. The van der Waals surface area contributed by atoms with E-state index in [0.717, 1.165) is 15.7 Å². The summed E-state index contributed by atoms with van der Waals surface area (Å²) in [5, 5.41) is 3.17. The number of carbonyl (C=O) groups is 1. The van der Waals surface area contributed by atoms with Gasteiger partial charge in [0.2, 0.25) is 0 Å². The second kappa shape index (κ2) is 9.24. The van der Waals surface area contributed by atoms with Crippen LogP contribution in [0.25, 0.3) is 32.8 Å². The fourth-order valence-electron chi connectivity index (χ4n) is 3.37. The summed E-state index contributed by atoms with van der Waals surface area (Å²) in [4.78, 5) is 29.8. The molecule has 0 radical (unpaired) electrons. The zero-order valence-corrected chi connectivity index (χ0v) is 20.2. The summed E-state index contributed by atoms with van der Waals surface area (Å²) in [6.07, 6.45) is 0. The molecule has 0 aliphatic rings. The van der Waals surface area contributed by atoms with Gasteiger partial charge < -0.3 is 13.9 Å². The quantitative estimate of drug-likeness (QED) is 0.144. The fourth-order valence-corrected chi connectivity index (χ4v) is 4.47. The third-order valence-electron chi connectivity index (χ3n) is 5.10. The fraction of sp³-hybridized carbons (Fsp3) is 0.0385. The van der Waals surface area contributed by atoms with E-state index in [1.807, 2.05) is 29.6 Å². The van der Waals surface area contributed by atoms with E-state index in [4.69, 9.17) is 13.9 Å². The molecule has 0 saturated heterocycles. The number of aromatic nitrogens is 1. The Balaban J connectivity index is 1.42. The van der Waals surface area contributed by atoms with Crippen LogP contribution in [0, 0.1) is 0 Å².